The van der Waals surface area contributed by atoms with Gasteiger partial charge in [0.25, 0.3) is 0 Å². The first kappa shape index (κ1) is 26.5. The van der Waals surface area contributed by atoms with E-state index in [-0.39, 0.29) is 17.2 Å². The molecule has 0 spiro atoms. The minimum absolute atomic E-state index is 0.00338. The van der Waals surface area contributed by atoms with Crippen LogP contribution in [-0.2, 0) is 24.2 Å². The number of sulfonamides is 1. The normalized spacial score (nSPS) is 15.2. The number of nitrogens with zero attached hydrogens (tertiary/aromatic N) is 3. The molecule has 1 fully saturated rings. The summed E-state index contributed by atoms with van der Waals surface area (Å²) in [4.78, 5) is 15.4. The maximum absolute atomic E-state index is 13.2. The molecule has 0 aliphatic carbocycles. The lowest BCUT2D eigenvalue weighted by molar-refractivity contribution is 0.0730. The molecule has 1 aromatic heterocycles. The van der Waals surface area contributed by atoms with Crippen molar-refractivity contribution in [1.82, 2.24) is 13.8 Å². The van der Waals surface area contributed by atoms with E-state index in [1.54, 1.807) is 32.4 Å². The molecule has 0 N–H and O–H groups in total. The first-order valence-corrected chi connectivity index (χ1v) is 12.8. The molecule has 9 nitrogen and oxygen atoms in total. The quantitative estimate of drug-likeness (QED) is 0.417. The standard InChI is InChI=1S/C24H35N3O6S/c1-19-16-23(24(28)18-25(8-12-31-3)9-13-32-4)20(2)27(19)21-6-5-7-22(17-21)34(29,30)26-10-14-33-15-11-26/h5-7,16-17H,8-15,18H2,1-4H3. The second-order valence-electron chi connectivity index (χ2n) is 8.32. The van der Waals surface area contributed by atoms with Gasteiger partial charge in [-0.2, -0.15) is 4.31 Å². The van der Waals surface area contributed by atoms with Gasteiger partial charge < -0.3 is 18.8 Å². The third-order valence-electron chi connectivity index (χ3n) is 6.01. The molecule has 2 heterocycles. The van der Waals surface area contributed by atoms with Crippen molar-refractivity contribution in [3.63, 3.8) is 0 Å². The van der Waals surface area contributed by atoms with Crippen molar-refractivity contribution in [2.45, 2.75) is 18.7 Å². The van der Waals surface area contributed by atoms with E-state index in [2.05, 4.69) is 0 Å². The Morgan fingerprint density at radius 2 is 1.71 bits per heavy atom. The van der Waals surface area contributed by atoms with Gasteiger partial charge >= 0.3 is 0 Å². The van der Waals surface area contributed by atoms with Crippen molar-refractivity contribution in [2.24, 2.45) is 0 Å². The number of morpholine rings is 1. The third kappa shape index (κ3) is 6.12. The molecule has 1 aliphatic rings. The summed E-state index contributed by atoms with van der Waals surface area (Å²) in [5, 5.41) is 0. The highest BCUT2D eigenvalue weighted by molar-refractivity contribution is 7.89. The van der Waals surface area contributed by atoms with Gasteiger partial charge in [0.1, 0.15) is 0 Å². The molecule has 0 atom stereocenters. The van der Waals surface area contributed by atoms with Crippen molar-refractivity contribution < 1.29 is 27.4 Å². The van der Waals surface area contributed by atoms with Crippen LogP contribution in [-0.4, -0.2) is 101 Å². The van der Waals surface area contributed by atoms with E-state index in [1.165, 1.54) is 4.31 Å². The monoisotopic (exact) mass is 493 g/mol. The van der Waals surface area contributed by atoms with Gasteiger partial charge in [0.2, 0.25) is 10.0 Å². The summed E-state index contributed by atoms with van der Waals surface area (Å²) in [6, 6.07) is 8.74. The summed E-state index contributed by atoms with van der Waals surface area (Å²) in [6.45, 7) is 7.85. The minimum Gasteiger partial charge on any atom is -0.383 e. The summed E-state index contributed by atoms with van der Waals surface area (Å²) < 4.78 is 45.3. The van der Waals surface area contributed by atoms with Gasteiger partial charge in [-0.15, -0.1) is 0 Å². The van der Waals surface area contributed by atoms with E-state index in [9.17, 15) is 13.2 Å². The van der Waals surface area contributed by atoms with Crippen molar-refractivity contribution in [2.75, 3.05) is 73.4 Å². The maximum atomic E-state index is 13.2. The Morgan fingerprint density at radius 1 is 1.06 bits per heavy atom. The number of aryl methyl sites for hydroxylation is 1. The van der Waals surface area contributed by atoms with Crippen LogP contribution in [0.25, 0.3) is 5.69 Å². The number of hydrogen-bond donors (Lipinski definition) is 0. The van der Waals surface area contributed by atoms with Crippen LogP contribution in [0, 0.1) is 13.8 Å². The summed E-state index contributed by atoms with van der Waals surface area (Å²) in [6.07, 6.45) is 0. The van der Waals surface area contributed by atoms with Crippen LogP contribution < -0.4 is 0 Å². The zero-order valence-electron chi connectivity index (χ0n) is 20.5. The molecular weight excluding hydrogens is 458 g/mol. The average Bonchev–Trinajstić information content (AvgIpc) is 3.15. The number of Topliss-reactive ketones (excluding diaryl/α,β-unsaturated/α-hetero) is 1. The van der Waals surface area contributed by atoms with E-state index < -0.39 is 10.0 Å². The summed E-state index contributed by atoms with van der Waals surface area (Å²) in [5.41, 5.74) is 2.97. The number of methoxy groups -OCH3 is 2. The first-order valence-electron chi connectivity index (χ1n) is 11.4. The molecule has 1 aromatic carbocycles. The van der Waals surface area contributed by atoms with Crippen LogP contribution >= 0.6 is 0 Å². The molecule has 0 unspecified atom stereocenters. The van der Waals surface area contributed by atoms with Crippen molar-refractivity contribution in [3.8, 4) is 5.69 Å². The number of carbonyl (C=O) groups is 1. The van der Waals surface area contributed by atoms with Crippen LogP contribution in [0.3, 0.4) is 0 Å². The molecule has 0 bridgehead atoms. The zero-order chi connectivity index (χ0) is 24.7. The molecule has 188 valence electrons. The Hall–Kier alpha value is -2.08. The van der Waals surface area contributed by atoms with Gasteiger partial charge in [-0.1, -0.05) is 6.07 Å². The predicted octanol–water partition coefficient (Wildman–Crippen LogP) is 1.89. The molecule has 0 saturated carbocycles. The Bertz CT molecular complexity index is 1070. The molecule has 10 heteroatoms. The minimum atomic E-state index is -3.62. The lowest BCUT2D eigenvalue weighted by Crippen LogP contribution is -2.40. The van der Waals surface area contributed by atoms with Crippen molar-refractivity contribution >= 4 is 15.8 Å². The van der Waals surface area contributed by atoms with Gasteiger partial charge in [0, 0.05) is 63.0 Å². The van der Waals surface area contributed by atoms with Crippen LogP contribution in [0.1, 0.15) is 21.7 Å². The van der Waals surface area contributed by atoms with Gasteiger partial charge in [-0.05, 0) is 38.1 Å². The second kappa shape index (κ2) is 12.1. The molecule has 0 amide bonds. The number of hydrogen-bond acceptors (Lipinski definition) is 7. The number of ether oxygens (including phenoxy) is 3. The molecule has 34 heavy (non-hydrogen) atoms. The molecule has 3 rings (SSSR count). The number of benzene rings is 1. The third-order valence-corrected chi connectivity index (χ3v) is 7.90. The second-order valence-corrected chi connectivity index (χ2v) is 10.3. The Balaban J connectivity index is 1.86. The lowest BCUT2D eigenvalue weighted by atomic mass is 10.1. The number of aromatic nitrogens is 1. The lowest BCUT2D eigenvalue weighted by Gasteiger charge is -2.26. The first-order chi connectivity index (χ1) is 16.3. The van der Waals surface area contributed by atoms with Crippen LogP contribution in [0.15, 0.2) is 35.2 Å². The van der Waals surface area contributed by atoms with Crippen LogP contribution in [0.5, 0.6) is 0 Å². The van der Waals surface area contributed by atoms with Crippen LogP contribution in [0.2, 0.25) is 0 Å². The Kier molecular flexibility index (Phi) is 9.40. The predicted molar refractivity (Wildman–Crippen MR) is 129 cm³/mol. The summed E-state index contributed by atoms with van der Waals surface area (Å²) in [7, 11) is -0.346. The topological polar surface area (TPSA) is 90.3 Å². The molecular formula is C24H35N3O6S. The molecule has 2 aromatic rings. The van der Waals surface area contributed by atoms with Gasteiger partial charge in [-0.3, -0.25) is 9.69 Å². The fourth-order valence-electron chi connectivity index (χ4n) is 4.16. The van der Waals surface area contributed by atoms with Gasteiger partial charge in [-0.25, -0.2) is 8.42 Å². The van der Waals surface area contributed by atoms with Crippen molar-refractivity contribution in [3.05, 3.63) is 47.3 Å². The van der Waals surface area contributed by atoms with E-state index >= 15 is 0 Å². The largest absolute Gasteiger partial charge is 0.383 e. The van der Waals surface area contributed by atoms with E-state index in [0.29, 0.717) is 63.9 Å². The van der Waals surface area contributed by atoms with E-state index in [1.807, 2.05) is 35.4 Å². The zero-order valence-corrected chi connectivity index (χ0v) is 21.3. The van der Waals surface area contributed by atoms with E-state index in [0.717, 1.165) is 11.4 Å². The molecule has 1 aliphatic heterocycles. The highest BCUT2D eigenvalue weighted by Crippen LogP contribution is 2.25. The van der Waals surface area contributed by atoms with Crippen molar-refractivity contribution in [1.29, 1.82) is 0 Å². The number of ketones is 1. The average molecular weight is 494 g/mol. The summed E-state index contributed by atoms with van der Waals surface area (Å²) >= 11 is 0. The highest BCUT2D eigenvalue weighted by Gasteiger charge is 2.27. The molecule has 1 saturated heterocycles. The molecule has 0 radical (unpaired) electrons. The smallest absolute Gasteiger partial charge is 0.243 e. The Morgan fingerprint density at radius 3 is 2.32 bits per heavy atom. The Labute approximate surface area is 202 Å². The van der Waals surface area contributed by atoms with Gasteiger partial charge in [0.05, 0.1) is 37.9 Å². The van der Waals surface area contributed by atoms with Gasteiger partial charge in [0.15, 0.2) is 5.78 Å². The highest BCUT2D eigenvalue weighted by atomic mass is 32.2. The summed E-state index contributed by atoms with van der Waals surface area (Å²) in [5.74, 6) is 0.00338. The van der Waals surface area contributed by atoms with Crippen LogP contribution in [0.4, 0.5) is 0 Å². The number of rotatable bonds is 12. The fourth-order valence-corrected chi connectivity index (χ4v) is 5.61. The number of carbonyl (C=O) groups excluding carboxylic acids is 1. The maximum Gasteiger partial charge on any atom is 0.243 e. The fraction of sp³-hybridized carbons (Fsp3) is 0.542. The SMILES string of the molecule is COCCN(CCOC)CC(=O)c1cc(C)n(-c2cccc(S(=O)(=O)N3CCOCC3)c2)c1C. The van der Waals surface area contributed by atoms with E-state index in [4.69, 9.17) is 14.2 Å².